The van der Waals surface area contributed by atoms with Crippen LogP contribution in [0.3, 0.4) is 0 Å². The van der Waals surface area contributed by atoms with E-state index >= 15 is 0 Å². The van der Waals surface area contributed by atoms with Gasteiger partial charge in [-0.2, -0.15) is 11.3 Å². The number of benzene rings is 1. The lowest BCUT2D eigenvalue weighted by Gasteiger charge is -2.21. The van der Waals surface area contributed by atoms with Gasteiger partial charge < -0.3 is 15.0 Å². The highest BCUT2D eigenvalue weighted by Gasteiger charge is 2.21. The van der Waals surface area contributed by atoms with Crippen molar-refractivity contribution in [3.8, 4) is 5.75 Å². The van der Waals surface area contributed by atoms with E-state index in [9.17, 15) is 9.59 Å². The SMILES string of the molecule is O=C(CN1CCCN(C(=O)c2ccsc2)CC1)NCCOc1ccccc1. The lowest BCUT2D eigenvalue weighted by molar-refractivity contribution is -0.122. The van der Waals surface area contributed by atoms with Crippen LogP contribution >= 0.6 is 11.3 Å². The van der Waals surface area contributed by atoms with Crippen LogP contribution in [0.5, 0.6) is 5.75 Å². The van der Waals surface area contributed by atoms with Crippen molar-refractivity contribution in [2.75, 3.05) is 45.9 Å². The van der Waals surface area contributed by atoms with Gasteiger partial charge in [-0.15, -0.1) is 0 Å². The number of hydrogen-bond acceptors (Lipinski definition) is 5. The zero-order valence-electron chi connectivity index (χ0n) is 15.3. The highest BCUT2D eigenvalue weighted by Crippen LogP contribution is 2.12. The van der Waals surface area contributed by atoms with E-state index in [0.29, 0.717) is 32.8 Å². The van der Waals surface area contributed by atoms with E-state index in [-0.39, 0.29) is 11.8 Å². The van der Waals surface area contributed by atoms with Gasteiger partial charge in [0.05, 0.1) is 18.7 Å². The molecule has 6 nitrogen and oxygen atoms in total. The molecule has 27 heavy (non-hydrogen) atoms. The summed E-state index contributed by atoms with van der Waals surface area (Å²) >= 11 is 1.53. The van der Waals surface area contributed by atoms with Gasteiger partial charge in [0.2, 0.25) is 5.91 Å². The summed E-state index contributed by atoms with van der Waals surface area (Å²) < 4.78 is 5.57. The molecular formula is C20H25N3O3S. The molecule has 1 N–H and O–H groups in total. The van der Waals surface area contributed by atoms with E-state index in [2.05, 4.69) is 10.2 Å². The summed E-state index contributed by atoms with van der Waals surface area (Å²) in [5.74, 6) is 0.875. The van der Waals surface area contributed by atoms with Crippen LogP contribution in [0.1, 0.15) is 16.8 Å². The first-order chi connectivity index (χ1) is 13.2. The molecule has 2 heterocycles. The average Bonchev–Trinajstić information content (AvgIpc) is 3.13. The molecule has 2 amide bonds. The fourth-order valence-corrected chi connectivity index (χ4v) is 3.67. The number of para-hydroxylation sites is 1. The van der Waals surface area contributed by atoms with Gasteiger partial charge in [-0.25, -0.2) is 0 Å². The number of nitrogens with zero attached hydrogens (tertiary/aromatic N) is 2. The Balaban J connectivity index is 1.35. The first-order valence-corrected chi connectivity index (χ1v) is 10.1. The second-order valence-corrected chi connectivity index (χ2v) is 7.23. The van der Waals surface area contributed by atoms with Crippen molar-refractivity contribution in [2.24, 2.45) is 0 Å². The molecule has 2 aromatic rings. The highest BCUT2D eigenvalue weighted by molar-refractivity contribution is 7.08. The number of hydrogen-bond donors (Lipinski definition) is 1. The van der Waals surface area contributed by atoms with Gasteiger partial charge in [0.1, 0.15) is 12.4 Å². The molecular weight excluding hydrogens is 362 g/mol. The van der Waals surface area contributed by atoms with Gasteiger partial charge in [-0.05, 0) is 30.0 Å². The molecule has 1 aliphatic heterocycles. The van der Waals surface area contributed by atoms with Crippen LogP contribution in [-0.2, 0) is 4.79 Å². The Morgan fingerprint density at radius 1 is 1.07 bits per heavy atom. The minimum Gasteiger partial charge on any atom is -0.492 e. The van der Waals surface area contributed by atoms with E-state index < -0.39 is 0 Å². The Labute approximate surface area is 163 Å². The van der Waals surface area contributed by atoms with E-state index in [1.165, 1.54) is 11.3 Å². The van der Waals surface area contributed by atoms with Crippen molar-refractivity contribution in [1.82, 2.24) is 15.1 Å². The minimum atomic E-state index is -0.00993. The molecule has 1 aliphatic rings. The monoisotopic (exact) mass is 387 g/mol. The number of carbonyl (C=O) groups excluding carboxylic acids is 2. The molecule has 0 unspecified atom stereocenters. The Hall–Kier alpha value is -2.38. The number of nitrogens with one attached hydrogen (secondary N) is 1. The van der Waals surface area contributed by atoms with Gasteiger partial charge in [0.15, 0.2) is 0 Å². The normalized spacial score (nSPS) is 15.2. The summed E-state index contributed by atoms with van der Waals surface area (Å²) in [6.07, 6.45) is 0.875. The van der Waals surface area contributed by atoms with E-state index in [1.54, 1.807) is 0 Å². The lowest BCUT2D eigenvalue weighted by atomic mass is 10.3. The molecule has 0 atom stereocenters. The first-order valence-electron chi connectivity index (χ1n) is 9.21. The molecule has 1 fully saturated rings. The molecule has 0 spiro atoms. The molecule has 0 aliphatic carbocycles. The standard InChI is InChI=1S/C20H25N3O3S/c24-19(21-8-13-26-18-5-2-1-3-6-18)15-22-9-4-10-23(12-11-22)20(25)17-7-14-27-16-17/h1-3,5-7,14,16H,4,8-13,15H2,(H,21,24). The second kappa shape index (κ2) is 10.1. The van der Waals surface area contributed by atoms with Crippen molar-refractivity contribution >= 4 is 23.2 Å². The Kier molecular flexibility index (Phi) is 7.24. The third kappa shape index (κ3) is 6.08. The van der Waals surface area contributed by atoms with E-state index in [1.807, 2.05) is 52.1 Å². The van der Waals surface area contributed by atoms with E-state index in [0.717, 1.165) is 30.8 Å². The summed E-state index contributed by atoms with van der Waals surface area (Å²) in [6, 6.07) is 11.4. The molecule has 0 saturated carbocycles. The van der Waals surface area contributed by atoms with Gasteiger partial charge >= 0.3 is 0 Å². The number of ether oxygens (including phenoxy) is 1. The fourth-order valence-electron chi connectivity index (χ4n) is 3.04. The van der Waals surface area contributed by atoms with Crippen LogP contribution in [0.25, 0.3) is 0 Å². The summed E-state index contributed by atoms with van der Waals surface area (Å²) in [5, 5.41) is 6.70. The molecule has 1 aromatic heterocycles. The smallest absolute Gasteiger partial charge is 0.254 e. The maximum Gasteiger partial charge on any atom is 0.254 e. The van der Waals surface area contributed by atoms with Crippen LogP contribution in [0.4, 0.5) is 0 Å². The topological polar surface area (TPSA) is 61.9 Å². The largest absolute Gasteiger partial charge is 0.492 e. The van der Waals surface area contributed by atoms with Crippen molar-refractivity contribution in [3.63, 3.8) is 0 Å². The number of rotatable bonds is 7. The summed E-state index contributed by atoms with van der Waals surface area (Å²) in [6.45, 7) is 4.19. The molecule has 1 aromatic carbocycles. The zero-order valence-corrected chi connectivity index (χ0v) is 16.1. The molecule has 1 saturated heterocycles. The summed E-state index contributed by atoms with van der Waals surface area (Å²) in [5.41, 5.74) is 0.754. The van der Waals surface area contributed by atoms with E-state index in [4.69, 9.17) is 4.74 Å². The predicted octanol–water partition coefficient (Wildman–Crippen LogP) is 2.09. The maximum absolute atomic E-state index is 12.5. The predicted molar refractivity (Wildman–Crippen MR) is 106 cm³/mol. The third-order valence-electron chi connectivity index (χ3n) is 4.45. The van der Waals surface area contributed by atoms with Crippen LogP contribution in [0, 0.1) is 0 Å². The Morgan fingerprint density at radius 3 is 2.70 bits per heavy atom. The molecule has 144 valence electrons. The minimum absolute atomic E-state index is 0.00993. The second-order valence-electron chi connectivity index (χ2n) is 6.45. The summed E-state index contributed by atoms with van der Waals surface area (Å²) in [4.78, 5) is 28.6. The van der Waals surface area contributed by atoms with Crippen molar-refractivity contribution in [1.29, 1.82) is 0 Å². The highest BCUT2D eigenvalue weighted by atomic mass is 32.1. The average molecular weight is 388 g/mol. The van der Waals surface area contributed by atoms with Crippen LogP contribution in [-0.4, -0.2) is 67.5 Å². The van der Waals surface area contributed by atoms with Crippen molar-refractivity contribution < 1.29 is 14.3 Å². The number of thiophene rings is 1. The third-order valence-corrected chi connectivity index (χ3v) is 5.13. The van der Waals surface area contributed by atoms with Crippen LogP contribution in [0.15, 0.2) is 47.2 Å². The lowest BCUT2D eigenvalue weighted by Crippen LogP contribution is -2.41. The molecule has 3 rings (SSSR count). The molecule has 0 radical (unpaired) electrons. The molecule has 7 heteroatoms. The number of amides is 2. The van der Waals surface area contributed by atoms with Crippen molar-refractivity contribution in [2.45, 2.75) is 6.42 Å². The van der Waals surface area contributed by atoms with Gasteiger partial charge in [0.25, 0.3) is 5.91 Å². The van der Waals surface area contributed by atoms with Crippen LogP contribution < -0.4 is 10.1 Å². The van der Waals surface area contributed by atoms with Crippen molar-refractivity contribution in [3.05, 3.63) is 52.7 Å². The molecule has 0 bridgehead atoms. The summed E-state index contributed by atoms with van der Waals surface area (Å²) in [7, 11) is 0. The number of carbonyl (C=O) groups is 2. The first kappa shape index (κ1) is 19.4. The Bertz CT molecular complexity index is 721. The Morgan fingerprint density at radius 2 is 1.93 bits per heavy atom. The van der Waals surface area contributed by atoms with Gasteiger partial charge in [-0.1, -0.05) is 18.2 Å². The van der Waals surface area contributed by atoms with Gasteiger partial charge in [0, 0.05) is 31.6 Å². The quantitative estimate of drug-likeness (QED) is 0.739. The zero-order chi connectivity index (χ0) is 18.9. The fraction of sp³-hybridized carbons (Fsp3) is 0.400. The van der Waals surface area contributed by atoms with Crippen LogP contribution in [0.2, 0.25) is 0 Å². The maximum atomic E-state index is 12.5. The van der Waals surface area contributed by atoms with Gasteiger partial charge in [-0.3, -0.25) is 14.5 Å².